The van der Waals surface area contributed by atoms with Crippen LogP contribution >= 0.6 is 23.2 Å². The van der Waals surface area contributed by atoms with Gasteiger partial charge in [-0.05, 0) is 20.8 Å². The number of rotatable bonds is 6. The number of benzene rings is 1. The minimum absolute atomic E-state index is 0.0177. The van der Waals surface area contributed by atoms with Crippen molar-refractivity contribution < 1.29 is 9.66 Å². The summed E-state index contributed by atoms with van der Waals surface area (Å²) in [6.45, 7) is 9.32. The van der Waals surface area contributed by atoms with Gasteiger partial charge in [-0.15, -0.1) is 0 Å². The van der Waals surface area contributed by atoms with Crippen LogP contribution in [0, 0.1) is 16.0 Å². The van der Waals surface area contributed by atoms with E-state index in [1.807, 2.05) is 6.92 Å². The van der Waals surface area contributed by atoms with Gasteiger partial charge in [0, 0.05) is 30.1 Å². The zero-order valence-corrected chi connectivity index (χ0v) is 14.1. The fraction of sp³-hybridized carbons (Fsp3) is 0.571. The van der Waals surface area contributed by atoms with Crippen molar-refractivity contribution >= 4 is 28.9 Å². The molecule has 118 valence electrons. The van der Waals surface area contributed by atoms with Gasteiger partial charge in [0.05, 0.1) is 21.6 Å². The van der Waals surface area contributed by atoms with Gasteiger partial charge in [-0.25, -0.2) is 0 Å². The van der Waals surface area contributed by atoms with Crippen LogP contribution in [0.4, 0.5) is 5.69 Å². The van der Waals surface area contributed by atoms with E-state index in [0.717, 1.165) is 6.54 Å². The minimum Gasteiger partial charge on any atom is -0.486 e. The summed E-state index contributed by atoms with van der Waals surface area (Å²) in [6, 6.07) is 2.59. The summed E-state index contributed by atoms with van der Waals surface area (Å²) in [4.78, 5) is 10.5. The van der Waals surface area contributed by atoms with Crippen molar-refractivity contribution in [2.75, 3.05) is 13.2 Å². The molecular weight excluding hydrogens is 315 g/mol. The molecule has 0 bridgehead atoms. The van der Waals surface area contributed by atoms with Gasteiger partial charge >= 0.3 is 5.69 Å². The van der Waals surface area contributed by atoms with Crippen LogP contribution in [0.1, 0.15) is 27.7 Å². The van der Waals surface area contributed by atoms with Crippen molar-refractivity contribution in [3.8, 4) is 5.75 Å². The molecule has 1 aromatic rings. The van der Waals surface area contributed by atoms with Gasteiger partial charge in [-0.3, -0.25) is 10.1 Å². The molecule has 1 unspecified atom stereocenters. The van der Waals surface area contributed by atoms with E-state index < -0.39 is 4.92 Å². The maximum absolute atomic E-state index is 11.0. The summed E-state index contributed by atoms with van der Waals surface area (Å²) in [6.07, 6.45) is 0. The Morgan fingerprint density at radius 2 is 1.90 bits per heavy atom. The lowest BCUT2D eigenvalue weighted by atomic mass is 10.1. The Labute approximate surface area is 134 Å². The zero-order valence-electron chi connectivity index (χ0n) is 12.6. The number of nitrogens with zero attached hydrogens (tertiary/aromatic N) is 1. The Morgan fingerprint density at radius 3 is 2.43 bits per heavy atom. The third-order valence-electron chi connectivity index (χ3n) is 2.70. The molecule has 5 nitrogen and oxygen atoms in total. The number of nitro groups is 1. The summed E-state index contributed by atoms with van der Waals surface area (Å²) >= 11 is 11.7. The second-order valence-corrected chi connectivity index (χ2v) is 6.85. The highest BCUT2D eigenvalue weighted by Gasteiger charge is 2.19. The first-order valence-electron chi connectivity index (χ1n) is 6.61. The molecular formula is C14H20Cl2N2O3. The van der Waals surface area contributed by atoms with Gasteiger partial charge in [-0.1, -0.05) is 30.1 Å². The molecule has 0 amide bonds. The van der Waals surface area contributed by atoms with Crippen LogP contribution in [-0.4, -0.2) is 23.6 Å². The fourth-order valence-corrected chi connectivity index (χ4v) is 1.86. The van der Waals surface area contributed by atoms with E-state index in [4.69, 9.17) is 27.9 Å². The molecule has 0 aliphatic heterocycles. The van der Waals surface area contributed by atoms with E-state index >= 15 is 0 Å². The molecule has 1 aromatic carbocycles. The molecule has 0 radical (unpaired) electrons. The fourth-order valence-electron chi connectivity index (χ4n) is 1.55. The first-order valence-corrected chi connectivity index (χ1v) is 7.37. The lowest BCUT2D eigenvalue weighted by Crippen LogP contribution is -2.39. The first kappa shape index (κ1) is 18.0. The topological polar surface area (TPSA) is 64.4 Å². The van der Waals surface area contributed by atoms with Crippen molar-refractivity contribution in [2.45, 2.75) is 33.2 Å². The van der Waals surface area contributed by atoms with Crippen molar-refractivity contribution in [1.29, 1.82) is 0 Å². The Morgan fingerprint density at radius 1 is 1.33 bits per heavy atom. The average Bonchev–Trinajstić information content (AvgIpc) is 2.36. The molecule has 0 saturated heterocycles. The normalized spacial score (nSPS) is 13.0. The standard InChI is InChI=1S/C14H20Cl2N2O3/c1-9(7-17-14(2,3)4)8-21-13-6-11(16)10(15)5-12(13)18(19)20/h5-6,9,17H,7-8H2,1-4H3. The quantitative estimate of drug-likeness (QED) is 0.622. The number of halogens is 2. The highest BCUT2D eigenvalue weighted by atomic mass is 35.5. The molecule has 1 N–H and O–H groups in total. The SMILES string of the molecule is CC(CNC(C)(C)C)COc1cc(Cl)c(Cl)cc1[N+](=O)[O-]. The summed E-state index contributed by atoms with van der Waals surface area (Å²) in [5.74, 6) is 0.329. The number of hydrogen-bond acceptors (Lipinski definition) is 4. The number of hydrogen-bond donors (Lipinski definition) is 1. The maximum atomic E-state index is 11.0. The van der Waals surface area contributed by atoms with Crippen LogP contribution in [0.25, 0.3) is 0 Å². The Kier molecular flexibility index (Phi) is 6.25. The van der Waals surface area contributed by atoms with E-state index in [1.54, 1.807) is 0 Å². The average molecular weight is 335 g/mol. The lowest BCUT2D eigenvalue weighted by molar-refractivity contribution is -0.385. The van der Waals surface area contributed by atoms with E-state index in [1.165, 1.54) is 12.1 Å². The Balaban J connectivity index is 2.70. The molecule has 0 saturated carbocycles. The smallest absolute Gasteiger partial charge is 0.312 e. The van der Waals surface area contributed by atoms with Crippen molar-refractivity contribution in [3.63, 3.8) is 0 Å². The Bertz CT molecular complexity index is 516. The van der Waals surface area contributed by atoms with Crippen LogP contribution in [0.5, 0.6) is 5.75 Å². The Hall–Kier alpha value is -1.04. The van der Waals surface area contributed by atoms with Gasteiger partial charge in [0.15, 0.2) is 5.75 Å². The predicted molar refractivity (Wildman–Crippen MR) is 85.5 cm³/mol. The third-order valence-corrected chi connectivity index (χ3v) is 3.42. The van der Waals surface area contributed by atoms with E-state index in [2.05, 4.69) is 26.1 Å². The molecule has 0 aliphatic rings. The second-order valence-electron chi connectivity index (χ2n) is 6.04. The van der Waals surface area contributed by atoms with Gasteiger partial charge in [0.1, 0.15) is 0 Å². The van der Waals surface area contributed by atoms with Crippen LogP contribution in [-0.2, 0) is 0 Å². The molecule has 0 fully saturated rings. The molecule has 1 atom stereocenters. The third kappa shape index (κ3) is 6.08. The first-order chi connectivity index (χ1) is 9.60. The van der Waals surface area contributed by atoms with E-state index in [9.17, 15) is 10.1 Å². The molecule has 0 spiro atoms. The highest BCUT2D eigenvalue weighted by molar-refractivity contribution is 6.42. The molecule has 0 heterocycles. The van der Waals surface area contributed by atoms with Gasteiger partial charge < -0.3 is 10.1 Å². The predicted octanol–water partition coefficient (Wildman–Crippen LogP) is 4.30. The highest BCUT2D eigenvalue weighted by Crippen LogP contribution is 2.35. The van der Waals surface area contributed by atoms with Crippen molar-refractivity contribution in [1.82, 2.24) is 5.32 Å². The number of nitro benzene ring substituents is 1. The van der Waals surface area contributed by atoms with Gasteiger partial charge in [-0.2, -0.15) is 0 Å². The molecule has 0 aliphatic carbocycles. The molecule has 7 heteroatoms. The van der Waals surface area contributed by atoms with Crippen LogP contribution in [0.15, 0.2) is 12.1 Å². The monoisotopic (exact) mass is 334 g/mol. The molecule has 0 aromatic heterocycles. The van der Waals surface area contributed by atoms with E-state index in [-0.39, 0.29) is 32.9 Å². The maximum Gasteiger partial charge on any atom is 0.312 e. The molecule has 21 heavy (non-hydrogen) atoms. The van der Waals surface area contributed by atoms with Crippen LogP contribution in [0.3, 0.4) is 0 Å². The summed E-state index contributed by atoms with van der Waals surface area (Å²) in [5.41, 5.74) is -0.163. The lowest BCUT2D eigenvalue weighted by Gasteiger charge is -2.23. The van der Waals surface area contributed by atoms with Crippen molar-refractivity contribution in [3.05, 3.63) is 32.3 Å². The van der Waals surface area contributed by atoms with Gasteiger partial charge in [0.25, 0.3) is 0 Å². The van der Waals surface area contributed by atoms with Crippen molar-refractivity contribution in [2.24, 2.45) is 5.92 Å². The zero-order chi connectivity index (χ0) is 16.2. The number of ether oxygens (including phenoxy) is 1. The van der Waals surface area contributed by atoms with E-state index in [0.29, 0.717) is 6.61 Å². The summed E-state index contributed by atoms with van der Waals surface area (Å²) < 4.78 is 5.54. The number of nitrogens with one attached hydrogen (secondary N) is 1. The van der Waals surface area contributed by atoms with Gasteiger partial charge in [0.2, 0.25) is 0 Å². The van der Waals surface area contributed by atoms with Crippen LogP contribution < -0.4 is 10.1 Å². The molecule has 1 rings (SSSR count). The summed E-state index contributed by atoms with van der Waals surface area (Å²) in [7, 11) is 0. The summed E-state index contributed by atoms with van der Waals surface area (Å²) in [5, 5.41) is 14.7. The second kappa shape index (κ2) is 7.29. The largest absolute Gasteiger partial charge is 0.486 e. The minimum atomic E-state index is -0.532. The van der Waals surface area contributed by atoms with Crippen LogP contribution in [0.2, 0.25) is 10.0 Å².